The van der Waals surface area contributed by atoms with Crippen LogP contribution in [0.4, 0.5) is 0 Å². The van der Waals surface area contributed by atoms with Crippen molar-refractivity contribution in [2.75, 3.05) is 0 Å². The van der Waals surface area contributed by atoms with Crippen LogP contribution in [-0.4, -0.2) is 9.97 Å². The van der Waals surface area contributed by atoms with Crippen molar-refractivity contribution in [1.82, 2.24) is 9.97 Å². The third-order valence-electron chi connectivity index (χ3n) is 8.08. The molecule has 0 amide bonds. The second-order valence-electron chi connectivity index (χ2n) is 10.7. The number of nitrogens with zero attached hydrogens (tertiary/aromatic N) is 2. The molecule has 3 heteroatoms. The summed E-state index contributed by atoms with van der Waals surface area (Å²) in [6.45, 7) is 4.59. The zero-order valence-electron chi connectivity index (χ0n) is 21.2. The number of rotatable bonds is 2. The Kier molecular flexibility index (Phi) is 4.28. The van der Waals surface area contributed by atoms with Crippen LogP contribution in [-0.2, 0) is 5.41 Å². The van der Waals surface area contributed by atoms with Gasteiger partial charge in [0.15, 0.2) is 5.82 Å². The molecule has 0 aliphatic heterocycles. The van der Waals surface area contributed by atoms with Gasteiger partial charge in [0.25, 0.3) is 0 Å². The number of para-hydroxylation sites is 1. The van der Waals surface area contributed by atoms with Crippen molar-refractivity contribution in [2.45, 2.75) is 19.3 Å². The first-order chi connectivity index (χ1) is 18.6. The van der Waals surface area contributed by atoms with Gasteiger partial charge in [-0.1, -0.05) is 86.6 Å². The van der Waals surface area contributed by atoms with E-state index in [0.717, 1.165) is 49.7 Å². The van der Waals surface area contributed by atoms with E-state index < -0.39 is 0 Å². The lowest BCUT2D eigenvalue weighted by Crippen LogP contribution is -2.14. The van der Waals surface area contributed by atoms with E-state index in [4.69, 9.17) is 14.4 Å². The van der Waals surface area contributed by atoms with Crippen LogP contribution in [0.5, 0.6) is 0 Å². The van der Waals surface area contributed by atoms with Gasteiger partial charge in [0.1, 0.15) is 11.2 Å². The highest BCUT2D eigenvalue weighted by atomic mass is 16.3. The van der Waals surface area contributed by atoms with Crippen LogP contribution in [0.25, 0.3) is 66.6 Å². The number of furan rings is 1. The summed E-state index contributed by atoms with van der Waals surface area (Å²) in [4.78, 5) is 10.0. The molecular formula is C35H24N2O. The molecule has 180 valence electrons. The first-order valence-electron chi connectivity index (χ1n) is 13.0. The van der Waals surface area contributed by atoms with Gasteiger partial charge in [-0.15, -0.1) is 0 Å². The molecule has 0 N–H and O–H groups in total. The van der Waals surface area contributed by atoms with Gasteiger partial charge in [0.2, 0.25) is 0 Å². The summed E-state index contributed by atoms with van der Waals surface area (Å²) >= 11 is 0. The quantitative estimate of drug-likeness (QED) is 0.243. The maximum absolute atomic E-state index is 6.38. The monoisotopic (exact) mass is 488 g/mol. The maximum Gasteiger partial charge on any atom is 0.160 e. The molecule has 0 spiro atoms. The molecule has 8 rings (SSSR count). The van der Waals surface area contributed by atoms with Crippen molar-refractivity contribution in [1.29, 1.82) is 0 Å². The largest absolute Gasteiger partial charge is 0.456 e. The molecule has 2 heterocycles. The standard InChI is InChI=1S/C35H24N2O/c1-35(2)28-14-8-6-12-23(28)25-19-27-26-18-22(16-17-31(26)38-32(27)20-29(25)35)34-36-30-15-9-7-13-24(30)33(37-34)21-10-4-3-5-11-21/h3-20H,1-2H3. The Morgan fingerprint density at radius 2 is 1.32 bits per heavy atom. The van der Waals surface area contributed by atoms with Crippen LogP contribution < -0.4 is 0 Å². The Morgan fingerprint density at radius 1 is 0.553 bits per heavy atom. The van der Waals surface area contributed by atoms with Gasteiger partial charge in [-0.05, 0) is 58.7 Å². The fourth-order valence-electron chi connectivity index (χ4n) is 6.13. The minimum Gasteiger partial charge on any atom is -0.456 e. The van der Waals surface area contributed by atoms with E-state index in [1.165, 1.54) is 22.3 Å². The predicted molar refractivity (Wildman–Crippen MR) is 155 cm³/mol. The van der Waals surface area contributed by atoms with E-state index >= 15 is 0 Å². The third-order valence-corrected chi connectivity index (χ3v) is 8.08. The lowest BCUT2D eigenvalue weighted by Gasteiger charge is -2.21. The van der Waals surface area contributed by atoms with E-state index in [2.05, 4.69) is 92.7 Å². The molecule has 2 aromatic heterocycles. The summed E-state index contributed by atoms with van der Waals surface area (Å²) in [7, 11) is 0. The molecule has 0 unspecified atom stereocenters. The molecule has 3 nitrogen and oxygen atoms in total. The summed E-state index contributed by atoms with van der Waals surface area (Å²) in [5.41, 5.74) is 11.0. The molecule has 5 aromatic carbocycles. The fraction of sp³-hybridized carbons (Fsp3) is 0.0857. The molecule has 0 saturated carbocycles. The van der Waals surface area contributed by atoms with Crippen molar-refractivity contribution < 1.29 is 4.42 Å². The molecule has 0 radical (unpaired) electrons. The second kappa shape index (κ2) is 7.62. The van der Waals surface area contributed by atoms with E-state index in [0.29, 0.717) is 5.82 Å². The average molecular weight is 489 g/mol. The van der Waals surface area contributed by atoms with Crippen molar-refractivity contribution in [3.8, 4) is 33.8 Å². The Balaban J connectivity index is 1.35. The van der Waals surface area contributed by atoms with E-state index in [-0.39, 0.29) is 5.41 Å². The van der Waals surface area contributed by atoms with E-state index in [9.17, 15) is 0 Å². The zero-order valence-corrected chi connectivity index (χ0v) is 21.2. The van der Waals surface area contributed by atoms with Gasteiger partial charge < -0.3 is 4.42 Å². The summed E-state index contributed by atoms with van der Waals surface area (Å²) in [5.74, 6) is 0.714. The van der Waals surface area contributed by atoms with Crippen molar-refractivity contribution >= 4 is 32.8 Å². The number of aromatic nitrogens is 2. The number of benzene rings is 5. The second-order valence-corrected chi connectivity index (χ2v) is 10.7. The van der Waals surface area contributed by atoms with Crippen LogP contribution in [0.2, 0.25) is 0 Å². The van der Waals surface area contributed by atoms with E-state index in [1.54, 1.807) is 0 Å². The van der Waals surface area contributed by atoms with Crippen LogP contribution in [0.3, 0.4) is 0 Å². The summed E-state index contributed by atoms with van der Waals surface area (Å²) in [6, 6.07) is 38.1. The summed E-state index contributed by atoms with van der Waals surface area (Å²) in [5, 5.41) is 3.26. The highest BCUT2D eigenvalue weighted by Crippen LogP contribution is 2.50. The number of hydrogen-bond acceptors (Lipinski definition) is 3. The van der Waals surface area contributed by atoms with Crippen molar-refractivity contribution in [3.05, 3.63) is 120 Å². The first kappa shape index (κ1) is 21.3. The van der Waals surface area contributed by atoms with Crippen molar-refractivity contribution in [3.63, 3.8) is 0 Å². The van der Waals surface area contributed by atoms with Gasteiger partial charge in [0.05, 0.1) is 11.2 Å². The van der Waals surface area contributed by atoms with Crippen LogP contribution in [0, 0.1) is 0 Å². The maximum atomic E-state index is 6.38. The van der Waals surface area contributed by atoms with Gasteiger partial charge in [-0.3, -0.25) is 0 Å². The topological polar surface area (TPSA) is 38.9 Å². The van der Waals surface area contributed by atoms with Crippen molar-refractivity contribution in [2.24, 2.45) is 0 Å². The SMILES string of the molecule is CC1(C)c2ccccc2-c2cc3c(cc21)oc1ccc(-c2nc(-c4ccccc4)c4ccccc4n2)cc13. The molecule has 1 aliphatic rings. The van der Waals surface area contributed by atoms with Gasteiger partial charge in [-0.2, -0.15) is 0 Å². The molecule has 0 bridgehead atoms. The Labute approximate surface area is 220 Å². The van der Waals surface area contributed by atoms with Crippen LogP contribution >= 0.6 is 0 Å². The highest BCUT2D eigenvalue weighted by Gasteiger charge is 2.36. The van der Waals surface area contributed by atoms with E-state index in [1.807, 2.05) is 30.3 Å². The number of fused-ring (bicyclic) bond motifs is 7. The highest BCUT2D eigenvalue weighted by molar-refractivity contribution is 6.09. The molecule has 0 saturated heterocycles. The summed E-state index contributed by atoms with van der Waals surface area (Å²) < 4.78 is 6.38. The normalized spacial score (nSPS) is 13.7. The smallest absolute Gasteiger partial charge is 0.160 e. The zero-order chi connectivity index (χ0) is 25.4. The molecular weight excluding hydrogens is 464 g/mol. The lowest BCUT2D eigenvalue weighted by molar-refractivity contribution is 0.647. The molecule has 0 fully saturated rings. The fourth-order valence-corrected chi connectivity index (χ4v) is 6.13. The lowest BCUT2D eigenvalue weighted by atomic mass is 9.82. The molecule has 7 aromatic rings. The number of hydrogen-bond donors (Lipinski definition) is 0. The van der Waals surface area contributed by atoms with Gasteiger partial charge in [0, 0.05) is 32.7 Å². The van der Waals surface area contributed by atoms with Gasteiger partial charge in [-0.25, -0.2) is 9.97 Å². The Bertz CT molecular complexity index is 2050. The minimum absolute atomic E-state index is 0.0585. The molecule has 1 aliphatic carbocycles. The van der Waals surface area contributed by atoms with Gasteiger partial charge >= 0.3 is 0 Å². The van der Waals surface area contributed by atoms with Crippen LogP contribution in [0.15, 0.2) is 114 Å². The molecule has 38 heavy (non-hydrogen) atoms. The Hall–Kier alpha value is -4.76. The average Bonchev–Trinajstić information content (AvgIpc) is 3.43. The van der Waals surface area contributed by atoms with Crippen LogP contribution in [0.1, 0.15) is 25.0 Å². The Morgan fingerprint density at radius 3 is 2.21 bits per heavy atom. The minimum atomic E-state index is -0.0585. The molecule has 0 atom stereocenters. The first-order valence-corrected chi connectivity index (χ1v) is 13.0. The third kappa shape index (κ3) is 2.96. The summed E-state index contributed by atoms with van der Waals surface area (Å²) in [6.07, 6.45) is 0. The predicted octanol–water partition coefficient (Wildman–Crippen LogP) is 9.17.